The highest BCUT2D eigenvalue weighted by Gasteiger charge is 2.32. The van der Waals surface area contributed by atoms with Crippen LogP contribution in [0.4, 0.5) is 18.9 Å². The molecule has 0 N–H and O–H groups in total. The van der Waals surface area contributed by atoms with Crippen LogP contribution in [0.3, 0.4) is 0 Å². The van der Waals surface area contributed by atoms with Crippen molar-refractivity contribution < 1.29 is 18.0 Å². The third kappa shape index (κ3) is 4.61. The normalized spacial score (nSPS) is 21.0. The van der Waals surface area contributed by atoms with Crippen LogP contribution in [0.2, 0.25) is 0 Å². The molecule has 160 valence electrons. The van der Waals surface area contributed by atoms with E-state index in [1.165, 1.54) is 17.8 Å². The number of likely N-dealkylation sites (tertiary alicyclic amines) is 1. The first-order valence-corrected chi connectivity index (χ1v) is 10.4. The lowest BCUT2D eigenvalue weighted by atomic mass is 10.0. The maximum Gasteiger partial charge on any atom is 0.416 e. The third-order valence-corrected chi connectivity index (χ3v) is 6.09. The monoisotopic (exact) mass is 417 g/mol. The lowest BCUT2D eigenvalue weighted by molar-refractivity contribution is -0.137. The van der Waals surface area contributed by atoms with E-state index in [1.807, 2.05) is 18.2 Å². The standard InChI is InChI=1S/C23H26F3N3O/c24-23(25,26)19-10-8-18(9-11-19)22(30)29-12-4-7-21(17-29)28-15-13-27(14-16-28)20-5-2-1-3-6-20/h1-3,5-6,8-11,21H,4,7,12-17H2. The van der Waals surface area contributed by atoms with Crippen molar-refractivity contribution in [3.05, 3.63) is 65.7 Å². The van der Waals surface area contributed by atoms with Crippen molar-refractivity contribution in [2.45, 2.75) is 25.1 Å². The first-order chi connectivity index (χ1) is 14.4. The molecule has 2 aliphatic heterocycles. The molecule has 2 aromatic rings. The molecular formula is C23H26F3N3O. The number of nitrogens with zero attached hydrogens (tertiary/aromatic N) is 3. The van der Waals surface area contributed by atoms with E-state index in [-0.39, 0.29) is 5.91 Å². The number of piperazine rings is 1. The molecule has 1 atom stereocenters. The Bertz CT molecular complexity index is 846. The minimum Gasteiger partial charge on any atom is -0.369 e. The number of alkyl halides is 3. The van der Waals surface area contributed by atoms with Crippen LogP contribution in [0.5, 0.6) is 0 Å². The van der Waals surface area contributed by atoms with Crippen molar-refractivity contribution in [2.75, 3.05) is 44.2 Å². The van der Waals surface area contributed by atoms with Gasteiger partial charge in [-0.1, -0.05) is 18.2 Å². The van der Waals surface area contributed by atoms with Crippen LogP contribution in [0.1, 0.15) is 28.8 Å². The van der Waals surface area contributed by atoms with Crippen molar-refractivity contribution in [3.63, 3.8) is 0 Å². The summed E-state index contributed by atoms with van der Waals surface area (Å²) < 4.78 is 38.3. The number of amides is 1. The van der Waals surface area contributed by atoms with Gasteiger partial charge >= 0.3 is 6.18 Å². The average Bonchev–Trinajstić information content (AvgIpc) is 2.79. The topological polar surface area (TPSA) is 26.8 Å². The molecule has 4 rings (SSSR count). The number of halogens is 3. The molecule has 2 saturated heterocycles. The summed E-state index contributed by atoms with van der Waals surface area (Å²) in [5.74, 6) is -0.184. The molecule has 1 unspecified atom stereocenters. The Morgan fingerprint density at radius 1 is 0.867 bits per heavy atom. The highest BCUT2D eigenvalue weighted by Crippen LogP contribution is 2.29. The second-order valence-electron chi connectivity index (χ2n) is 7.98. The second kappa shape index (κ2) is 8.68. The fourth-order valence-corrected chi connectivity index (χ4v) is 4.41. The molecular weight excluding hydrogens is 391 g/mol. The Labute approximate surface area is 174 Å². The Kier molecular flexibility index (Phi) is 5.99. The Morgan fingerprint density at radius 2 is 1.53 bits per heavy atom. The Hall–Kier alpha value is -2.54. The molecule has 0 aromatic heterocycles. The SMILES string of the molecule is O=C(c1ccc(C(F)(F)F)cc1)N1CCCC(N2CCN(c3ccccc3)CC2)C1. The largest absolute Gasteiger partial charge is 0.416 e. The maximum atomic E-state index is 12.8. The summed E-state index contributed by atoms with van der Waals surface area (Å²) in [6, 6.07) is 15.2. The quantitative estimate of drug-likeness (QED) is 0.751. The maximum absolute atomic E-state index is 12.8. The van der Waals surface area contributed by atoms with Crippen LogP contribution in [-0.4, -0.2) is 61.0 Å². The zero-order chi connectivity index (χ0) is 21.1. The van der Waals surface area contributed by atoms with Crippen molar-refractivity contribution in [2.24, 2.45) is 0 Å². The van der Waals surface area contributed by atoms with Crippen LogP contribution < -0.4 is 4.90 Å². The highest BCUT2D eigenvalue weighted by atomic mass is 19.4. The van der Waals surface area contributed by atoms with Crippen LogP contribution in [0.25, 0.3) is 0 Å². The smallest absolute Gasteiger partial charge is 0.369 e. The van der Waals surface area contributed by atoms with Crippen LogP contribution in [0, 0.1) is 0 Å². The van der Waals surface area contributed by atoms with E-state index in [4.69, 9.17) is 0 Å². The van der Waals surface area contributed by atoms with Crippen molar-refractivity contribution in [1.29, 1.82) is 0 Å². The number of hydrogen-bond acceptors (Lipinski definition) is 3. The van der Waals surface area contributed by atoms with Crippen LogP contribution in [-0.2, 0) is 6.18 Å². The predicted molar refractivity (Wildman–Crippen MR) is 111 cm³/mol. The van der Waals surface area contributed by atoms with Gasteiger partial charge in [0.25, 0.3) is 5.91 Å². The molecule has 0 aliphatic carbocycles. The first-order valence-electron chi connectivity index (χ1n) is 10.4. The van der Waals surface area contributed by atoms with E-state index < -0.39 is 11.7 Å². The summed E-state index contributed by atoms with van der Waals surface area (Å²) in [4.78, 5) is 19.5. The molecule has 4 nitrogen and oxygen atoms in total. The number of anilines is 1. The van der Waals surface area contributed by atoms with E-state index in [0.717, 1.165) is 51.2 Å². The molecule has 2 heterocycles. The van der Waals surface area contributed by atoms with E-state index in [9.17, 15) is 18.0 Å². The lowest BCUT2D eigenvalue weighted by Gasteiger charge is -2.44. The number of carbonyl (C=O) groups excluding carboxylic acids is 1. The Balaban J connectivity index is 1.35. The summed E-state index contributed by atoms with van der Waals surface area (Å²) in [6.07, 6.45) is -2.43. The fraction of sp³-hybridized carbons (Fsp3) is 0.435. The number of para-hydroxylation sites is 1. The molecule has 0 bridgehead atoms. The van der Waals surface area contributed by atoms with Gasteiger partial charge in [0.05, 0.1) is 5.56 Å². The van der Waals surface area contributed by atoms with Gasteiger partial charge in [-0.2, -0.15) is 13.2 Å². The van der Waals surface area contributed by atoms with Gasteiger partial charge in [-0.3, -0.25) is 9.69 Å². The summed E-state index contributed by atoms with van der Waals surface area (Å²) >= 11 is 0. The van der Waals surface area contributed by atoms with E-state index in [1.54, 1.807) is 4.90 Å². The van der Waals surface area contributed by atoms with Gasteiger partial charge in [-0.15, -0.1) is 0 Å². The molecule has 7 heteroatoms. The van der Waals surface area contributed by atoms with Gasteiger partial charge in [0.15, 0.2) is 0 Å². The van der Waals surface area contributed by atoms with Gasteiger partial charge in [0.2, 0.25) is 0 Å². The van der Waals surface area contributed by atoms with E-state index in [0.29, 0.717) is 24.7 Å². The second-order valence-corrected chi connectivity index (χ2v) is 7.98. The number of carbonyl (C=O) groups is 1. The van der Waals surface area contributed by atoms with Crippen LogP contribution >= 0.6 is 0 Å². The Morgan fingerprint density at radius 3 is 2.17 bits per heavy atom. The molecule has 30 heavy (non-hydrogen) atoms. The molecule has 2 aromatic carbocycles. The summed E-state index contributed by atoms with van der Waals surface area (Å²) in [7, 11) is 0. The first kappa shape index (κ1) is 20.7. The van der Waals surface area contributed by atoms with E-state index >= 15 is 0 Å². The summed E-state index contributed by atoms with van der Waals surface area (Å²) in [6.45, 7) is 5.08. The minimum absolute atomic E-state index is 0.184. The zero-order valence-corrected chi connectivity index (χ0v) is 16.8. The van der Waals surface area contributed by atoms with Crippen molar-refractivity contribution >= 4 is 11.6 Å². The zero-order valence-electron chi connectivity index (χ0n) is 16.8. The van der Waals surface area contributed by atoms with Crippen molar-refractivity contribution in [1.82, 2.24) is 9.80 Å². The predicted octanol–water partition coefficient (Wildman–Crippen LogP) is 4.13. The number of piperidine rings is 1. The molecule has 0 spiro atoms. The minimum atomic E-state index is -4.39. The number of rotatable bonds is 3. The number of hydrogen-bond donors (Lipinski definition) is 0. The van der Waals surface area contributed by atoms with Crippen molar-refractivity contribution in [3.8, 4) is 0 Å². The van der Waals surface area contributed by atoms with Gasteiger partial charge in [-0.25, -0.2) is 0 Å². The molecule has 2 fully saturated rings. The lowest BCUT2D eigenvalue weighted by Crippen LogP contribution is -2.55. The molecule has 0 radical (unpaired) electrons. The van der Waals surface area contributed by atoms with Gasteiger partial charge in [0.1, 0.15) is 0 Å². The van der Waals surface area contributed by atoms with Crippen LogP contribution in [0.15, 0.2) is 54.6 Å². The van der Waals surface area contributed by atoms with Gasteiger partial charge in [0, 0.05) is 56.6 Å². The van der Waals surface area contributed by atoms with Gasteiger partial charge in [-0.05, 0) is 49.2 Å². The highest BCUT2D eigenvalue weighted by molar-refractivity contribution is 5.94. The number of benzene rings is 2. The third-order valence-electron chi connectivity index (χ3n) is 6.09. The average molecular weight is 417 g/mol. The summed E-state index contributed by atoms with van der Waals surface area (Å²) in [5, 5.41) is 0. The fourth-order valence-electron chi connectivity index (χ4n) is 4.41. The molecule has 2 aliphatic rings. The van der Waals surface area contributed by atoms with Gasteiger partial charge < -0.3 is 9.80 Å². The van der Waals surface area contributed by atoms with E-state index in [2.05, 4.69) is 21.9 Å². The molecule has 1 amide bonds. The molecule has 0 saturated carbocycles. The summed E-state index contributed by atoms with van der Waals surface area (Å²) in [5.41, 5.74) is 0.823.